The molecule has 1 heterocycles. The fourth-order valence-electron chi connectivity index (χ4n) is 1.14. The summed E-state index contributed by atoms with van der Waals surface area (Å²) in [7, 11) is 0. The number of benzene rings is 1. The van der Waals surface area contributed by atoms with Crippen molar-refractivity contribution in [2.75, 3.05) is 0 Å². The SMILES string of the molecule is [O-][n+]1cc[n+]([O-])c2cc(Cl)ccc21. The van der Waals surface area contributed by atoms with Crippen LogP contribution in [0.2, 0.25) is 5.02 Å². The fraction of sp³-hybridized carbons (Fsp3) is 0. The van der Waals surface area contributed by atoms with Gasteiger partial charge in [-0.05, 0) is 6.07 Å². The zero-order valence-corrected chi connectivity index (χ0v) is 7.23. The van der Waals surface area contributed by atoms with Crippen LogP contribution in [0.15, 0.2) is 30.6 Å². The second-order valence-electron chi connectivity index (χ2n) is 2.58. The molecule has 0 atom stereocenters. The van der Waals surface area contributed by atoms with Gasteiger partial charge in [-0.25, -0.2) is 0 Å². The van der Waals surface area contributed by atoms with Crippen LogP contribution in [0.25, 0.3) is 11.0 Å². The molecule has 0 radical (unpaired) electrons. The van der Waals surface area contributed by atoms with Crippen molar-refractivity contribution in [2.24, 2.45) is 0 Å². The molecule has 0 aliphatic heterocycles. The van der Waals surface area contributed by atoms with E-state index in [1.54, 1.807) is 6.07 Å². The molecule has 0 saturated carbocycles. The van der Waals surface area contributed by atoms with E-state index < -0.39 is 0 Å². The van der Waals surface area contributed by atoms with E-state index in [-0.39, 0.29) is 5.52 Å². The van der Waals surface area contributed by atoms with Crippen molar-refractivity contribution in [3.05, 3.63) is 46.0 Å². The topological polar surface area (TPSA) is 53.9 Å². The Balaban J connectivity index is 2.92. The molecule has 0 N–H and O–H groups in total. The third-order valence-corrected chi connectivity index (χ3v) is 1.98. The van der Waals surface area contributed by atoms with Gasteiger partial charge in [0.15, 0.2) is 0 Å². The minimum atomic E-state index is 0.269. The Morgan fingerprint density at radius 2 is 1.62 bits per heavy atom. The van der Waals surface area contributed by atoms with Crippen molar-refractivity contribution in [3.63, 3.8) is 0 Å². The fourth-order valence-corrected chi connectivity index (χ4v) is 1.31. The summed E-state index contributed by atoms with van der Waals surface area (Å²) in [5.41, 5.74) is 0.576. The molecular weight excluding hydrogens is 192 g/mol. The second kappa shape index (κ2) is 2.74. The molecular formula is C8H5ClN2O2. The lowest BCUT2D eigenvalue weighted by Gasteiger charge is -2.01. The summed E-state index contributed by atoms with van der Waals surface area (Å²) < 4.78 is 1.23. The largest absolute Gasteiger partial charge is 0.618 e. The number of rotatable bonds is 0. The minimum Gasteiger partial charge on any atom is -0.618 e. The predicted octanol–water partition coefficient (Wildman–Crippen LogP) is 0.760. The van der Waals surface area contributed by atoms with Crippen LogP contribution in [-0.4, -0.2) is 0 Å². The molecule has 4 nitrogen and oxygen atoms in total. The molecule has 66 valence electrons. The lowest BCUT2D eigenvalue weighted by atomic mass is 10.3. The van der Waals surface area contributed by atoms with Crippen molar-refractivity contribution in [1.82, 2.24) is 0 Å². The summed E-state index contributed by atoms with van der Waals surface area (Å²) >= 11 is 5.68. The molecule has 0 saturated heterocycles. The third-order valence-electron chi connectivity index (χ3n) is 1.75. The van der Waals surface area contributed by atoms with Crippen LogP contribution in [0.3, 0.4) is 0 Å². The molecule has 1 aromatic carbocycles. The lowest BCUT2D eigenvalue weighted by Crippen LogP contribution is -2.36. The van der Waals surface area contributed by atoms with Crippen LogP contribution in [0.5, 0.6) is 0 Å². The summed E-state index contributed by atoms with van der Waals surface area (Å²) in [5, 5.41) is 22.8. The highest BCUT2D eigenvalue weighted by Gasteiger charge is 2.11. The number of halogens is 1. The molecule has 0 fully saturated rings. The third kappa shape index (κ3) is 1.25. The first-order chi connectivity index (χ1) is 6.18. The maximum absolute atomic E-state index is 11.2. The van der Waals surface area contributed by atoms with Gasteiger partial charge in [0.2, 0.25) is 12.4 Å². The monoisotopic (exact) mass is 196 g/mol. The van der Waals surface area contributed by atoms with E-state index in [2.05, 4.69) is 0 Å². The Morgan fingerprint density at radius 3 is 2.31 bits per heavy atom. The molecule has 0 bridgehead atoms. The molecule has 0 amide bonds. The molecule has 0 spiro atoms. The van der Waals surface area contributed by atoms with E-state index >= 15 is 0 Å². The van der Waals surface area contributed by atoms with E-state index in [9.17, 15) is 10.4 Å². The zero-order valence-electron chi connectivity index (χ0n) is 6.48. The second-order valence-corrected chi connectivity index (χ2v) is 3.02. The molecule has 13 heavy (non-hydrogen) atoms. The van der Waals surface area contributed by atoms with E-state index in [0.29, 0.717) is 20.0 Å². The maximum Gasteiger partial charge on any atom is 0.291 e. The van der Waals surface area contributed by atoms with E-state index in [4.69, 9.17) is 11.6 Å². The van der Waals surface area contributed by atoms with E-state index in [0.717, 1.165) is 12.4 Å². The van der Waals surface area contributed by atoms with Gasteiger partial charge in [0.25, 0.3) is 11.0 Å². The molecule has 0 aliphatic rings. The van der Waals surface area contributed by atoms with Gasteiger partial charge >= 0.3 is 0 Å². The van der Waals surface area contributed by atoms with Crippen molar-refractivity contribution >= 4 is 22.6 Å². The summed E-state index contributed by atoms with van der Waals surface area (Å²) in [4.78, 5) is 0. The zero-order chi connectivity index (χ0) is 9.42. The van der Waals surface area contributed by atoms with Crippen LogP contribution in [-0.2, 0) is 0 Å². The summed E-state index contributed by atoms with van der Waals surface area (Å²) in [6.07, 6.45) is 2.30. The highest BCUT2D eigenvalue weighted by Crippen LogP contribution is 2.12. The first-order valence-electron chi connectivity index (χ1n) is 3.59. The first-order valence-corrected chi connectivity index (χ1v) is 3.97. The normalized spacial score (nSPS) is 10.5. The molecule has 5 heteroatoms. The molecule has 2 aromatic rings. The lowest BCUT2D eigenvalue weighted by molar-refractivity contribution is -0.628. The van der Waals surface area contributed by atoms with Gasteiger partial charge in [-0.1, -0.05) is 11.6 Å². The first kappa shape index (κ1) is 8.07. The van der Waals surface area contributed by atoms with E-state index in [1.807, 2.05) is 0 Å². The van der Waals surface area contributed by atoms with Crippen molar-refractivity contribution in [3.8, 4) is 0 Å². The summed E-state index contributed by atoms with van der Waals surface area (Å²) in [6, 6.07) is 4.54. The Labute approximate surface area is 78.8 Å². The highest BCUT2D eigenvalue weighted by molar-refractivity contribution is 6.31. The number of hydrogen-bond acceptors (Lipinski definition) is 2. The van der Waals surface area contributed by atoms with E-state index in [1.165, 1.54) is 12.1 Å². The van der Waals surface area contributed by atoms with Gasteiger partial charge in [-0.3, -0.25) is 0 Å². The van der Waals surface area contributed by atoms with Gasteiger partial charge in [0, 0.05) is 17.2 Å². The average molecular weight is 197 g/mol. The van der Waals surface area contributed by atoms with Gasteiger partial charge in [0.1, 0.15) is 0 Å². The Kier molecular flexibility index (Phi) is 1.70. The number of fused-ring (bicyclic) bond motifs is 1. The summed E-state index contributed by atoms with van der Waals surface area (Å²) in [6.45, 7) is 0. The smallest absolute Gasteiger partial charge is 0.291 e. The average Bonchev–Trinajstić information content (AvgIpc) is 2.12. The Bertz CT molecular complexity index is 473. The van der Waals surface area contributed by atoms with Crippen molar-refractivity contribution < 1.29 is 9.46 Å². The number of aromatic nitrogens is 2. The molecule has 0 aliphatic carbocycles. The Morgan fingerprint density at radius 1 is 1.00 bits per heavy atom. The van der Waals surface area contributed by atoms with Gasteiger partial charge in [0.05, 0.1) is 0 Å². The van der Waals surface area contributed by atoms with Crippen LogP contribution < -0.4 is 9.46 Å². The quantitative estimate of drug-likeness (QED) is 0.462. The molecule has 0 unspecified atom stereocenters. The van der Waals surface area contributed by atoms with Crippen LogP contribution >= 0.6 is 11.6 Å². The van der Waals surface area contributed by atoms with Crippen LogP contribution in [0.1, 0.15) is 0 Å². The standard InChI is InChI=1S/C8H5ClN2O2/c9-6-1-2-7-8(5-6)11(13)4-3-10(7)12/h1-5H. The summed E-state index contributed by atoms with van der Waals surface area (Å²) in [5.74, 6) is 0. The molecule has 1 aromatic heterocycles. The van der Waals surface area contributed by atoms with Crippen LogP contribution in [0, 0.1) is 10.4 Å². The van der Waals surface area contributed by atoms with Crippen molar-refractivity contribution in [1.29, 1.82) is 0 Å². The Hall–Kier alpha value is -1.55. The van der Waals surface area contributed by atoms with Crippen molar-refractivity contribution in [2.45, 2.75) is 0 Å². The predicted molar refractivity (Wildman–Crippen MR) is 46.9 cm³/mol. The number of nitrogens with zero attached hydrogens (tertiary/aromatic N) is 2. The minimum absolute atomic E-state index is 0.269. The highest BCUT2D eigenvalue weighted by atomic mass is 35.5. The van der Waals surface area contributed by atoms with Gasteiger partial charge in [-0.2, -0.15) is 9.46 Å². The van der Waals surface area contributed by atoms with Crippen LogP contribution in [0.4, 0.5) is 0 Å². The maximum atomic E-state index is 11.2. The number of hydrogen-bond donors (Lipinski definition) is 0. The molecule has 2 rings (SSSR count). The van der Waals surface area contributed by atoms with Gasteiger partial charge < -0.3 is 10.4 Å². The van der Waals surface area contributed by atoms with Gasteiger partial charge in [-0.15, -0.1) is 0 Å².